The molecule has 13 aromatic rings. The van der Waals surface area contributed by atoms with Gasteiger partial charge in [-0.1, -0.05) is 152 Å². The van der Waals surface area contributed by atoms with Crippen molar-refractivity contribution in [2.24, 2.45) is 0 Å². The van der Waals surface area contributed by atoms with E-state index in [2.05, 4.69) is 173 Å². The molecule has 0 atom stereocenters. The third-order valence-electron chi connectivity index (χ3n) is 13.7. The van der Waals surface area contributed by atoms with Crippen molar-refractivity contribution in [1.82, 2.24) is 24.1 Å². The molecule has 0 saturated heterocycles. The van der Waals surface area contributed by atoms with Gasteiger partial charge < -0.3 is 9.13 Å². The molecule has 0 radical (unpaired) electrons. The number of fused-ring (bicyclic) bond motifs is 6. The zero-order valence-electron chi connectivity index (χ0n) is 38.6. The molecular formula is C65H39N7. The summed E-state index contributed by atoms with van der Waals surface area (Å²) in [5, 5.41) is 25.4. The lowest BCUT2D eigenvalue weighted by Gasteiger charge is -2.16. The molecule has 0 fully saturated rings. The predicted octanol–water partition coefficient (Wildman–Crippen LogP) is 15.8. The molecule has 3 aromatic heterocycles. The summed E-state index contributed by atoms with van der Waals surface area (Å²) in [6, 6.07) is 85.7. The van der Waals surface area contributed by atoms with Crippen LogP contribution in [-0.2, 0) is 0 Å². The van der Waals surface area contributed by atoms with Gasteiger partial charge in [0.15, 0.2) is 17.5 Å². The van der Waals surface area contributed by atoms with E-state index < -0.39 is 0 Å². The highest BCUT2D eigenvalue weighted by Crippen LogP contribution is 2.40. The molecule has 0 aliphatic carbocycles. The first-order valence-electron chi connectivity index (χ1n) is 23.8. The molecule has 13 rings (SSSR count). The molecule has 0 aliphatic heterocycles. The van der Waals surface area contributed by atoms with E-state index in [0.717, 1.165) is 99.5 Å². The van der Waals surface area contributed by atoms with Gasteiger partial charge in [0.2, 0.25) is 0 Å². The monoisotopic (exact) mass is 917 g/mol. The Kier molecular flexibility index (Phi) is 10.1. The second-order valence-electron chi connectivity index (χ2n) is 17.8. The minimum absolute atomic E-state index is 0.378. The van der Waals surface area contributed by atoms with Gasteiger partial charge >= 0.3 is 0 Å². The zero-order valence-corrected chi connectivity index (χ0v) is 38.6. The lowest BCUT2D eigenvalue weighted by Crippen LogP contribution is -2.03. The van der Waals surface area contributed by atoms with E-state index in [1.807, 2.05) is 84.9 Å². The molecule has 0 spiro atoms. The third-order valence-corrected chi connectivity index (χ3v) is 13.7. The lowest BCUT2D eigenvalue weighted by atomic mass is 9.97. The molecule has 0 amide bonds. The summed E-state index contributed by atoms with van der Waals surface area (Å²) in [6.45, 7) is 0. The number of hydrogen-bond acceptors (Lipinski definition) is 5. The summed E-state index contributed by atoms with van der Waals surface area (Å²) in [5.74, 6) is 1.30. The number of nitrogens with zero attached hydrogens (tertiary/aromatic N) is 7. The maximum Gasteiger partial charge on any atom is 0.165 e. The quantitative estimate of drug-likeness (QED) is 0.151. The van der Waals surface area contributed by atoms with Gasteiger partial charge in [-0.2, -0.15) is 10.5 Å². The van der Waals surface area contributed by atoms with Gasteiger partial charge in [0.25, 0.3) is 0 Å². The molecule has 0 unspecified atom stereocenters. The van der Waals surface area contributed by atoms with Crippen molar-refractivity contribution >= 4 is 43.6 Å². The van der Waals surface area contributed by atoms with Crippen LogP contribution in [0.5, 0.6) is 0 Å². The van der Waals surface area contributed by atoms with Gasteiger partial charge in [0.1, 0.15) is 0 Å². The standard InChI is InChI=1S/C65H39N7/c66-40-42-24-26-45(27-25-42)56-39-51(72-60-23-13-11-21-54(60)58-38-48(29-35-62(58)72)44-16-6-2-7-17-44)31-33-55(56)65-69-63(46-18-8-3-9-19-46)68-64(70-65)52-32-30-50(36-49(52)41-67)71-59-22-12-10-20-53(59)57-37-47(28-34-61(57)71)43-14-4-1-5-15-43/h1-39H. The maximum atomic E-state index is 11.0. The number of para-hydroxylation sites is 2. The molecule has 7 nitrogen and oxygen atoms in total. The summed E-state index contributed by atoms with van der Waals surface area (Å²) in [6.07, 6.45) is 0. The van der Waals surface area contributed by atoms with Crippen LogP contribution in [0.15, 0.2) is 237 Å². The fourth-order valence-electron chi connectivity index (χ4n) is 10.2. The van der Waals surface area contributed by atoms with Gasteiger partial charge in [-0.25, -0.2) is 15.0 Å². The molecule has 3 heterocycles. The fraction of sp³-hybridized carbons (Fsp3) is 0. The highest BCUT2D eigenvalue weighted by molar-refractivity contribution is 6.12. The highest BCUT2D eigenvalue weighted by atomic mass is 15.0. The Labute approximate surface area is 415 Å². The molecule has 0 saturated carbocycles. The Morgan fingerprint density at radius 3 is 1.28 bits per heavy atom. The first kappa shape index (κ1) is 41.9. The second-order valence-corrected chi connectivity index (χ2v) is 17.8. The van der Waals surface area contributed by atoms with Crippen molar-refractivity contribution in [3.63, 3.8) is 0 Å². The second kappa shape index (κ2) is 17.4. The molecule has 334 valence electrons. The fourth-order valence-corrected chi connectivity index (χ4v) is 10.2. The molecule has 72 heavy (non-hydrogen) atoms. The van der Waals surface area contributed by atoms with Crippen LogP contribution >= 0.6 is 0 Å². The van der Waals surface area contributed by atoms with Gasteiger partial charge in [-0.05, 0) is 118 Å². The van der Waals surface area contributed by atoms with E-state index in [9.17, 15) is 10.5 Å². The van der Waals surface area contributed by atoms with Gasteiger partial charge in [-0.15, -0.1) is 0 Å². The Morgan fingerprint density at radius 1 is 0.292 bits per heavy atom. The average Bonchev–Trinajstić information content (AvgIpc) is 3.97. The SMILES string of the molecule is N#Cc1ccc(-c2cc(-n3c4ccccc4c4cc(-c5ccccc5)ccc43)ccc2-c2nc(-c3ccccc3)nc(-c3ccc(-n4c5ccccc5c5cc(-c6ccccc6)ccc54)cc3C#N)n2)cc1. The van der Waals surface area contributed by atoms with E-state index in [4.69, 9.17) is 15.0 Å². The number of nitriles is 2. The van der Waals surface area contributed by atoms with E-state index in [0.29, 0.717) is 34.2 Å². The minimum Gasteiger partial charge on any atom is -0.309 e. The van der Waals surface area contributed by atoms with Gasteiger partial charge in [-0.3, -0.25) is 0 Å². The average molecular weight is 918 g/mol. The predicted molar refractivity (Wildman–Crippen MR) is 291 cm³/mol. The summed E-state index contributed by atoms with van der Waals surface area (Å²) < 4.78 is 4.54. The summed E-state index contributed by atoms with van der Waals surface area (Å²) in [4.78, 5) is 15.5. The van der Waals surface area contributed by atoms with E-state index >= 15 is 0 Å². The largest absolute Gasteiger partial charge is 0.309 e. The van der Waals surface area contributed by atoms with Crippen LogP contribution in [0.3, 0.4) is 0 Å². The number of rotatable bonds is 8. The smallest absolute Gasteiger partial charge is 0.165 e. The Balaban J connectivity index is 0.983. The third kappa shape index (κ3) is 7.17. The van der Waals surface area contributed by atoms with Crippen LogP contribution in [0.1, 0.15) is 11.1 Å². The topological polar surface area (TPSA) is 96.1 Å². The first-order chi connectivity index (χ1) is 35.6. The zero-order chi connectivity index (χ0) is 48.1. The Hall–Kier alpha value is -10.2. The van der Waals surface area contributed by atoms with Crippen molar-refractivity contribution in [3.05, 3.63) is 248 Å². The molecule has 7 heteroatoms. The summed E-state index contributed by atoms with van der Waals surface area (Å²) in [7, 11) is 0. The van der Waals surface area contributed by atoms with Crippen molar-refractivity contribution in [3.8, 4) is 91.1 Å². The van der Waals surface area contributed by atoms with Crippen LogP contribution in [0, 0.1) is 22.7 Å². The highest BCUT2D eigenvalue weighted by Gasteiger charge is 2.22. The summed E-state index contributed by atoms with van der Waals surface area (Å²) in [5.41, 5.74) is 15.6. The van der Waals surface area contributed by atoms with Crippen molar-refractivity contribution in [2.45, 2.75) is 0 Å². The van der Waals surface area contributed by atoms with E-state index in [1.54, 1.807) is 0 Å². The Morgan fingerprint density at radius 2 is 0.736 bits per heavy atom. The van der Waals surface area contributed by atoms with Crippen molar-refractivity contribution in [1.29, 1.82) is 10.5 Å². The number of aromatic nitrogens is 5. The van der Waals surface area contributed by atoms with E-state index in [1.165, 1.54) is 0 Å². The molecular weight excluding hydrogens is 879 g/mol. The van der Waals surface area contributed by atoms with Crippen LogP contribution in [-0.4, -0.2) is 24.1 Å². The van der Waals surface area contributed by atoms with Crippen LogP contribution in [0.2, 0.25) is 0 Å². The normalized spacial score (nSPS) is 11.3. The lowest BCUT2D eigenvalue weighted by molar-refractivity contribution is 1.07. The Bertz CT molecular complexity index is 4330. The summed E-state index contributed by atoms with van der Waals surface area (Å²) >= 11 is 0. The van der Waals surface area contributed by atoms with Crippen LogP contribution < -0.4 is 0 Å². The molecule has 0 bridgehead atoms. The van der Waals surface area contributed by atoms with Crippen LogP contribution in [0.4, 0.5) is 0 Å². The minimum atomic E-state index is 0.378. The first-order valence-corrected chi connectivity index (χ1v) is 23.8. The van der Waals surface area contributed by atoms with E-state index in [-0.39, 0.29) is 0 Å². The molecule has 10 aromatic carbocycles. The van der Waals surface area contributed by atoms with Crippen molar-refractivity contribution in [2.75, 3.05) is 0 Å². The number of benzene rings is 10. The van der Waals surface area contributed by atoms with Crippen molar-refractivity contribution < 1.29 is 0 Å². The number of hydrogen-bond donors (Lipinski definition) is 0. The van der Waals surface area contributed by atoms with Crippen LogP contribution in [0.25, 0.3) is 123 Å². The van der Waals surface area contributed by atoms with Gasteiger partial charge in [0.05, 0.1) is 45.3 Å². The van der Waals surface area contributed by atoms with Gasteiger partial charge in [0, 0.05) is 49.6 Å². The molecule has 0 N–H and O–H groups in total. The maximum absolute atomic E-state index is 11.0. The molecule has 0 aliphatic rings.